The minimum atomic E-state index is -3.13. The lowest BCUT2D eigenvalue weighted by molar-refractivity contribution is -0.132. The quantitative estimate of drug-likeness (QED) is 0.663. The molecule has 0 bridgehead atoms. The molecule has 0 aromatic carbocycles. The molecule has 1 rings (SSSR count). The van der Waals surface area contributed by atoms with E-state index in [4.69, 9.17) is 5.11 Å². The van der Waals surface area contributed by atoms with E-state index in [1.54, 1.807) is 4.90 Å². The van der Waals surface area contributed by atoms with Gasteiger partial charge >= 0.3 is 0 Å². The summed E-state index contributed by atoms with van der Waals surface area (Å²) < 4.78 is 23.9. The van der Waals surface area contributed by atoms with Crippen LogP contribution in [0.3, 0.4) is 0 Å². The molecule has 0 radical (unpaired) electrons. The second-order valence-corrected chi connectivity index (χ2v) is 6.21. The molecule has 0 aromatic rings. The van der Waals surface area contributed by atoms with Gasteiger partial charge in [-0.15, -0.1) is 0 Å². The molecular weight excluding hydrogens is 244 g/mol. The summed E-state index contributed by atoms with van der Waals surface area (Å²) in [4.78, 5) is 13.4. The molecule has 0 spiro atoms. The Morgan fingerprint density at radius 1 is 1.18 bits per heavy atom. The Kier molecular flexibility index (Phi) is 5.35. The van der Waals surface area contributed by atoms with Crippen molar-refractivity contribution in [1.82, 2.24) is 9.21 Å². The van der Waals surface area contributed by atoms with Crippen molar-refractivity contribution < 1.29 is 18.3 Å². The van der Waals surface area contributed by atoms with Crippen molar-refractivity contribution in [2.45, 2.75) is 19.3 Å². The van der Waals surface area contributed by atoms with Gasteiger partial charge in [-0.3, -0.25) is 4.79 Å². The minimum Gasteiger partial charge on any atom is -0.396 e. The van der Waals surface area contributed by atoms with Crippen molar-refractivity contribution in [3.63, 3.8) is 0 Å². The monoisotopic (exact) mass is 264 g/mol. The van der Waals surface area contributed by atoms with E-state index in [2.05, 4.69) is 0 Å². The van der Waals surface area contributed by atoms with E-state index < -0.39 is 10.0 Å². The van der Waals surface area contributed by atoms with E-state index in [1.165, 1.54) is 10.6 Å². The standard InChI is InChI=1S/C10H20N2O4S/c1-17(15,16)12-7-5-11(6-8-12)10(14)4-2-3-9-13/h13H,2-9H2,1H3. The zero-order valence-corrected chi connectivity index (χ0v) is 10.9. The van der Waals surface area contributed by atoms with Crippen molar-refractivity contribution in [3.8, 4) is 0 Å². The fraction of sp³-hybridized carbons (Fsp3) is 0.900. The summed E-state index contributed by atoms with van der Waals surface area (Å²) in [6.45, 7) is 1.79. The third kappa shape index (κ3) is 4.61. The van der Waals surface area contributed by atoms with Crippen LogP contribution in [-0.2, 0) is 14.8 Å². The summed E-state index contributed by atoms with van der Waals surface area (Å²) in [6.07, 6.45) is 2.93. The highest BCUT2D eigenvalue weighted by Gasteiger charge is 2.25. The van der Waals surface area contributed by atoms with E-state index in [9.17, 15) is 13.2 Å². The van der Waals surface area contributed by atoms with Crippen LogP contribution in [0.2, 0.25) is 0 Å². The number of nitrogens with zero attached hydrogens (tertiary/aromatic N) is 2. The van der Waals surface area contributed by atoms with Crippen LogP contribution in [0.1, 0.15) is 19.3 Å². The van der Waals surface area contributed by atoms with E-state index >= 15 is 0 Å². The van der Waals surface area contributed by atoms with Gasteiger partial charge < -0.3 is 10.0 Å². The van der Waals surface area contributed by atoms with Crippen molar-refractivity contribution in [2.24, 2.45) is 0 Å². The molecule has 0 saturated carbocycles. The molecular formula is C10H20N2O4S. The Morgan fingerprint density at radius 3 is 2.24 bits per heavy atom. The minimum absolute atomic E-state index is 0.0478. The van der Waals surface area contributed by atoms with Crippen molar-refractivity contribution in [2.75, 3.05) is 39.0 Å². The SMILES string of the molecule is CS(=O)(=O)N1CCN(C(=O)CCCCO)CC1. The summed E-state index contributed by atoms with van der Waals surface area (Å²) >= 11 is 0. The molecule has 0 unspecified atom stereocenters. The highest BCUT2D eigenvalue weighted by molar-refractivity contribution is 7.88. The molecule has 1 heterocycles. The predicted octanol–water partition coefficient (Wildman–Crippen LogP) is -0.747. The highest BCUT2D eigenvalue weighted by Crippen LogP contribution is 2.08. The molecule has 7 heteroatoms. The molecule has 0 aliphatic carbocycles. The average molecular weight is 264 g/mol. The molecule has 1 fully saturated rings. The molecule has 1 aliphatic heterocycles. The van der Waals surface area contributed by atoms with Gasteiger partial charge in [-0.1, -0.05) is 0 Å². The molecule has 100 valence electrons. The van der Waals surface area contributed by atoms with Gasteiger partial charge in [0.15, 0.2) is 0 Å². The highest BCUT2D eigenvalue weighted by atomic mass is 32.2. The number of piperazine rings is 1. The molecule has 1 aliphatic rings. The van der Waals surface area contributed by atoms with Gasteiger partial charge in [-0.05, 0) is 12.8 Å². The van der Waals surface area contributed by atoms with Gasteiger partial charge in [0.25, 0.3) is 0 Å². The van der Waals surface area contributed by atoms with Crippen LogP contribution in [0.4, 0.5) is 0 Å². The van der Waals surface area contributed by atoms with Gasteiger partial charge in [0.2, 0.25) is 15.9 Å². The Balaban J connectivity index is 2.34. The van der Waals surface area contributed by atoms with Gasteiger partial charge in [-0.25, -0.2) is 8.42 Å². The van der Waals surface area contributed by atoms with E-state index in [0.717, 1.165) is 0 Å². The van der Waals surface area contributed by atoms with Crippen LogP contribution in [0.15, 0.2) is 0 Å². The molecule has 1 N–H and O–H groups in total. The molecule has 17 heavy (non-hydrogen) atoms. The van der Waals surface area contributed by atoms with Gasteiger partial charge in [0.1, 0.15) is 0 Å². The predicted molar refractivity (Wildman–Crippen MR) is 63.9 cm³/mol. The first kappa shape index (κ1) is 14.4. The second kappa shape index (κ2) is 6.32. The normalized spacial score (nSPS) is 18.4. The maximum absolute atomic E-state index is 11.7. The van der Waals surface area contributed by atoms with Crippen LogP contribution in [0.5, 0.6) is 0 Å². The lowest BCUT2D eigenvalue weighted by atomic mass is 10.2. The first-order valence-electron chi connectivity index (χ1n) is 5.79. The second-order valence-electron chi connectivity index (χ2n) is 4.22. The Labute approximate surface area is 102 Å². The van der Waals surface area contributed by atoms with Gasteiger partial charge in [0.05, 0.1) is 6.26 Å². The number of amides is 1. The first-order chi connectivity index (χ1) is 7.95. The third-order valence-electron chi connectivity index (χ3n) is 2.86. The van der Waals surface area contributed by atoms with Gasteiger partial charge in [-0.2, -0.15) is 4.31 Å². The maximum Gasteiger partial charge on any atom is 0.222 e. The van der Waals surface area contributed by atoms with Crippen LogP contribution >= 0.6 is 0 Å². The van der Waals surface area contributed by atoms with Crippen molar-refractivity contribution >= 4 is 15.9 Å². The summed E-state index contributed by atoms with van der Waals surface area (Å²) in [7, 11) is -3.13. The van der Waals surface area contributed by atoms with E-state index in [0.29, 0.717) is 45.4 Å². The largest absolute Gasteiger partial charge is 0.396 e. The van der Waals surface area contributed by atoms with Crippen molar-refractivity contribution in [3.05, 3.63) is 0 Å². The number of carbonyl (C=O) groups is 1. The lowest BCUT2D eigenvalue weighted by Gasteiger charge is -2.33. The zero-order valence-electron chi connectivity index (χ0n) is 10.1. The van der Waals surface area contributed by atoms with E-state index in [-0.39, 0.29) is 12.5 Å². The maximum atomic E-state index is 11.7. The smallest absolute Gasteiger partial charge is 0.222 e. The summed E-state index contributed by atoms with van der Waals surface area (Å²) in [5.74, 6) is 0.0478. The fourth-order valence-corrected chi connectivity index (χ4v) is 2.64. The number of hydrogen-bond acceptors (Lipinski definition) is 4. The number of aliphatic hydroxyl groups excluding tert-OH is 1. The number of carbonyl (C=O) groups excluding carboxylic acids is 1. The molecule has 6 nitrogen and oxygen atoms in total. The Morgan fingerprint density at radius 2 is 1.76 bits per heavy atom. The number of hydrogen-bond donors (Lipinski definition) is 1. The fourth-order valence-electron chi connectivity index (χ4n) is 1.82. The number of sulfonamides is 1. The molecule has 0 atom stereocenters. The van der Waals surface area contributed by atoms with Gasteiger partial charge in [0, 0.05) is 39.2 Å². The summed E-state index contributed by atoms with van der Waals surface area (Å²) in [5.41, 5.74) is 0. The van der Waals surface area contributed by atoms with Crippen LogP contribution in [0.25, 0.3) is 0 Å². The average Bonchev–Trinajstić information content (AvgIpc) is 2.28. The number of rotatable bonds is 5. The molecule has 1 amide bonds. The zero-order chi connectivity index (χ0) is 12.9. The number of aliphatic hydroxyl groups is 1. The topological polar surface area (TPSA) is 77.9 Å². The first-order valence-corrected chi connectivity index (χ1v) is 7.63. The van der Waals surface area contributed by atoms with E-state index in [1.807, 2.05) is 0 Å². The lowest BCUT2D eigenvalue weighted by Crippen LogP contribution is -2.50. The molecule has 1 saturated heterocycles. The summed E-state index contributed by atoms with van der Waals surface area (Å²) in [5, 5.41) is 8.62. The van der Waals surface area contributed by atoms with Crippen LogP contribution in [-0.4, -0.2) is 67.7 Å². The van der Waals surface area contributed by atoms with Crippen LogP contribution in [0, 0.1) is 0 Å². The van der Waals surface area contributed by atoms with Crippen LogP contribution < -0.4 is 0 Å². The Bertz CT molecular complexity index is 347. The Hall–Kier alpha value is -0.660. The number of unbranched alkanes of at least 4 members (excludes halogenated alkanes) is 1. The molecule has 0 aromatic heterocycles. The summed E-state index contributed by atoms with van der Waals surface area (Å²) in [6, 6.07) is 0. The van der Waals surface area contributed by atoms with Crippen molar-refractivity contribution in [1.29, 1.82) is 0 Å². The third-order valence-corrected chi connectivity index (χ3v) is 4.16.